The minimum Gasteiger partial charge on any atom is -0.387 e. The molecule has 0 amide bonds. The number of rotatable bonds is 9. The van der Waals surface area contributed by atoms with Crippen LogP contribution >= 0.6 is 23.5 Å². The van der Waals surface area contributed by atoms with E-state index in [4.69, 9.17) is 20.4 Å². The Bertz CT molecular complexity index is 1580. The molecule has 1 aliphatic rings. The minimum atomic E-state index is -5.76. The van der Waals surface area contributed by atoms with Gasteiger partial charge in [-0.15, -0.1) is 0 Å². The molecule has 1 fully saturated rings. The highest BCUT2D eigenvalue weighted by Gasteiger charge is 2.54. The molecule has 4 rings (SSSR count). The van der Waals surface area contributed by atoms with Crippen molar-refractivity contribution < 1.29 is 61.4 Å². The van der Waals surface area contributed by atoms with Crippen molar-refractivity contribution in [1.82, 2.24) is 20.0 Å². The summed E-state index contributed by atoms with van der Waals surface area (Å²) in [6.07, 6.45) is -2.27. The first-order chi connectivity index (χ1) is 17.4. The fourth-order valence-electron chi connectivity index (χ4n) is 3.87. The van der Waals surface area contributed by atoms with Crippen LogP contribution in [0.5, 0.6) is 0 Å². The normalized spacial score (nSPS) is 27.4. The number of aliphatic hydroxyl groups is 2. The molecule has 20 nitrogen and oxygen atoms in total. The first-order valence-corrected chi connectivity index (χ1v) is 14.7. The Hall–Kier alpha value is -2.12. The lowest BCUT2D eigenvalue weighted by Gasteiger charge is -2.27. The van der Waals surface area contributed by atoms with Gasteiger partial charge in [0.15, 0.2) is 6.23 Å². The van der Waals surface area contributed by atoms with Crippen LogP contribution in [0.15, 0.2) is 23.3 Å². The van der Waals surface area contributed by atoms with Crippen molar-refractivity contribution >= 4 is 50.8 Å². The number of phosphoric acid groups is 3. The maximum atomic E-state index is 12.3. The van der Waals surface area contributed by atoms with Crippen LogP contribution in [0.4, 0.5) is 5.69 Å². The standard InChI is InChI=1S/C15H21N6O14P3/c1-15(24)12(22)10(5-32-37(28,29)35-38(30,31)34-36(25,26)27)33-14(15)21-4-7-8(18-16)2-6-11(7)9(20-21)3-17-19-13(6)23/h2-4,10,12,14,18,22,24H,5,16H2,1H3,(H,19,23)(H,28,29)(H,30,31)(H2,25,26,27)/t10-,12-,14-,15-/m1/s1. The Morgan fingerprint density at radius 3 is 2.53 bits per heavy atom. The average Bonchev–Trinajstić information content (AvgIpc) is 3.18. The molecule has 3 aromatic rings. The summed E-state index contributed by atoms with van der Waals surface area (Å²) >= 11 is 0. The molecule has 0 bridgehead atoms. The molecular weight excluding hydrogens is 581 g/mol. The topological polar surface area (TPSA) is 311 Å². The number of nitrogens with one attached hydrogen (secondary N) is 2. The van der Waals surface area contributed by atoms with Crippen LogP contribution in [0, 0.1) is 0 Å². The zero-order chi connectivity index (χ0) is 28.3. The molecule has 23 heteroatoms. The van der Waals surface area contributed by atoms with E-state index in [0.717, 1.165) is 11.6 Å². The van der Waals surface area contributed by atoms with E-state index in [1.165, 1.54) is 18.5 Å². The highest BCUT2D eigenvalue weighted by molar-refractivity contribution is 7.66. The van der Waals surface area contributed by atoms with Gasteiger partial charge in [-0.05, 0) is 13.0 Å². The Kier molecular flexibility index (Phi) is 7.46. The summed E-state index contributed by atoms with van der Waals surface area (Å²) in [4.78, 5) is 48.4. The molecule has 2 unspecified atom stereocenters. The number of aromatic nitrogens is 4. The number of ether oxygens (including phenoxy) is 1. The second kappa shape index (κ2) is 9.81. The summed E-state index contributed by atoms with van der Waals surface area (Å²) in [5.41, 5.74) is 0.242. The summed E-state index contributed by atoms with van der Waals surface area (Å²) in [5.74, 6) is 5.56. The van der Waals surface area contributed by atoms with Crippen LogP contribution in [0.1, 0.15) is 13.2 Å². The molecule has 1 aliphatic heterocycles. The number of nitrogens with zero attached hydrogens (tertiary/aromatic N) is 3. The number of hydrogen-bond acceptors (Lipinski definition) is 14. The van der Waals surface area contributed by atoms with E-state index in [1.54, 1.807) is 0 Å². The number of aliphatic hydroxyl groups excluding tert-OH is 1. The van der Waals surface area contributed by atoms with Gasteiger partial charge in [0.2, 0.25) is 0 Å². The fraction of sp³-hybridized carbons (Fsp3) is 0.400. The second-order valence-corrected chi connectivity index (χ2v) is 12.6. The Morgan fingerprint density at radius 1 is 1.21 bits per heavy atom. The Labute approximate surface area is 210 Å². The highest BCUT2D eigenvalue weighted by Crippen LogP contribution is 2.66. The van der Waals surface area contributed by atoms with Crippen LogP contribution < -0.4 is 16.8 Å². The van der Waals surface area contributed by atoms with Crippen molar-refractivity contribution in [2.45, 2.75) is 31.0 Å². The fourth-order valence-corrected chi connectivity index (χ4v) is 6.90. The van der Waals surface area contributed by atoms with Gasteiger partial charge < -0.3 is 39.9 Å². The molecule has 3 heterocycles. The Morgan fingerprint density at radius 2 is 1.89 bits per heavy atom. The summed E-state index contributed by atoms with van der Waals surface area (Å²) in [7, 11) is -16.9. The number of aromatic amines is 1. The van der Waals surface area contributed by atoms with Gasteiger partial charge >= 0.3 is 23.5 Å². The third kappa shape index (κ3) is 5.74. The summed E-state index contributed by atoms with van der Waals surface area (Å²) < 4.78 is 52.7. The van der Waals surface area contributed by atoms with E-state index in [2.05, 4.69) is 33.9 Å². The molecule has 0 saturated carbocycles. The number of nitrogens with two attached hydrogens (primary N) is 1. The van der Waals surface area contributed by atoms with Crippen molar-refractivity contribution in [2.75, 3.05) is 12.0 Å². The third-order valence-corrected chi connectivity index (χ3v) is 9.23. The lowest BCUT2D eigenvalue weighted by Crippen LogP contribution is -2.44. The van der Waals surface area contributed by atoms with Gasteiger partial charge in [-0.25, -0.2) is 23.5 Å². The molecule has 0 aliphatic carbocycles. The zero-order valence-corrected chi connectivity index (χ0v) is 21.6. The molecule has 0 radical (unpaired) electrons. The maximum absolute atomic E-state index is 12.3. The van der Waals surface area contributed by atoms with E-state index in [1.807, 2.05) is 0 Å². The highest BCUT2D eigenvalue weighted by atomic mass is 31.3. The first-order valence-electron chi connectivity index (χ1n) is 10.1. The average molecular weight is 602 g/mol. The quantitative estimate of drug-likeness (QED) is 0.0798. The van der Waals surface area contributed by atoms with Crippen LogP contribution in [0.3, 0.4) is 0 Å². The van der Waals surface area contributed by atoms with Gasteiger partial charge in [0.1, 0.15) is 23.3 Å². The van der Waals surface area contributed by atoms with E-state index in [0.29, 0.717) is 16.5 Å². The van der Waals surface area contributed by atoms with E-state index in [9.17, 15) is 38.5 Å². The summed E-state index contributed by atoms with van der Waals surface area (Å²) in [6.45, 7) is 0.130. The minimum absolute atomic E-state index is 0.156. The van der Waals surface area contributed by atoms with Crippen LogP contribution in [-0.4, -0.2) is 74.2 Å². The van der Waals surface area contributed by atoms with Gasteiger partial charge in [0, 0.05) is 17.0 Å². The predicted molar refractivity (Wildman–Crippen MR) is 124 cm³/mol. The lowest BCUT2D eigenvalue weighted by molar-refractivity contribution is -0.102. The molecule has 38 heavy (non-hydrogen) atoms. The molecule has 10 N–H and O–H groups in total. The van der Waals surface area contributed by atoms with Crippen molar-refractivity contribution in [2.24, 2.45) is 5.84 Å². The lowest BCUT2D eigenvalue weighted by atomic mass is 9.97. The van der Waals surface area contributed by atoms with Gasteiger partial charge in [-0.3, -0.25) is 15.2 Å². The molecule has 210 valence electrons. The molecule has 6 atom stereocenters. The number of anilines is 1. The smallest absolute Gasteiger partial charge is 0.387 e. The molecule has 1 aromatic carbocycles. The molecule has 1 saturated heterocycles. The molecule has 0 spiro atoms. The van der Waals surface area contributed by atoms with Crippen LogP contribution in [0.25, 0.3) is 21.7 Å². The SMILES string of the molecule is C[C@@]1(O)[C@H](O)[C@@H](COP(=O)(O)OP(=O)(O)OP(=O)(O)O)O[C@H]1n1cc2c(NN)cc3c(=O)[nH]ncc(n1)c23. The van der Waals surface area contributed by atoms with Crippen molar-refractivity contribution in [3.8, 4) is 0 Å². The number of nitrogen functional groups attached to an aromatic ring is 1. The monoisotopic (exact) mass is 602 g/mol. The summed E-state index contributed by atoms with van der Waals surface area (Å²) in [6, 6.07) is 1.44. The number of phosphoric ester groups is 1. The van der Waals surface area contributed by atoms with Crippen molar-refractivity contribution in [3.05, 3.63) is 28.8 Å². The number of H-pyrrole nitrogens is 1. The van der Waals surface area contributed by atoms with Crippen LogP contribution in [0.2, 0.25) is 0 Å². The number of hydrogen-bond donors (Lipinski definition) is 9. The van der Waals surface area contributed by atoms with Gasteiger partial charge in [-0.2, -0.15) is 18.8 Å². The van der Waals surface area contributed by atoms with Gasteiger partial charge in [0.25, 0.3) is 5.56 Å². The molecule has 2 aromatic heterocycles. The Balaban J connectivity index is 1.61. The van der Waals surface area contributed by atoms with Crippen molar-refractivity contribution in [3.63, 3.8) is 0 Å². The number of hydrazine groups is 1. The van der Waals surface area contributed by atoms with Gasteiger partial charge in [0.05, 0.1) is 23.9 Å². The first kappa shape index (κ1) is 28.9. The van der Waals surface area contributed by atoms with E-state index < -0.39 is 59.7 Å². The summed E-state index contributed by atoms with van der Waals surface area (Å²) in [5, 5.41) is 32.9. The third-order valence-electron chi connectivity index (χ3n) is 5.42. The predicted octanol–water partition coefficient (Wildman–Crippen LogP) is -1.09. The largest absolute Gasteiger partial charge is 0.490 e. The van der Waals surface area contributed by atoms with E-state index >= 15 is 0 Å². The van der Waals surface area contributed by atoms with E-state index in [-0.39, 0.29) is 10.9 Å². The molecular formula is C15H21N6O14P3. The maximum Gasteiger partial charge on any atom is 0.490 e. The zero-order valence-electron chi connectivity index (χ0n) is 18.9. The van der Waals surface area contributed by atoms with Gasteiger partial charge in [-0.1, -0.05) is 0 Å². The second-order valence-electron chi connectivity index (χ2n) is 8.18. The van der Waals surface area contributed by atoms with Crippen molar-refractivity contribution in [1.29, 1.82) is 0 Å². The van der Waals surface area contributed by atoms with Crippen LogP contribution in [-0.2, 0) is 31.6 Å².